The number of nitrogens with zero attached hydrogens (tertiary/aromatic N) is 2. The number of ketones is 2. The van der Waals surface area contributed by atoms with E-state index < -0.39 is 0 Å². The van der Waals surface area contributed by atoms with Crippen molar-refractivity contribution in [2.75, 3.05) is 41.3 Å². The molecule has 1 aromatic heterocycles. The summed E-state index contributed by atoms with van der Waals surface area (Å²) in [4.78, 5) is 28.3. The summed E-state index contributed by atoms with van der Waals surface area (Å²) >= 11 is 0. The number of benzene rings is 2. The molecule has 0 radical (unpaired) electrons. The zero-order valence-electron chi connectivity index (χ0n) is 16.8. The van der Waals surface area contributed by atoms with Crippen molar-refractivity contribution in [1.29, 1.82) is 0 Å². The van der Waals surface area contributed by atoms with Gasteiger partial charge in [-0.1, -0.05) is 0 Å². The van der Waals surface area contributed by atoms with Crippen LogP contribution in [0.15, 0.2) is 40.8 Å². The van der Waals surface area contributed by atoms with E-state index in [9.17, 15) is 9.59 Å². The molecule has 0 amide bonds. The fourth-order valence-electron chi connectivity index (χ4n) is 2.88. The highest BCUT2D eigenvalue weighted by Crippen LogP contribution is 2.30. The molecule has 0 saturated heterocycles. The van der Waals surface area contributed by atoms with Gasteiger partial charge in [0.2, 0.25) is 0 Å². The summed E-state index contributed by atoms with van der Waals surface area (Å²) in [5.41, 5.74) is 2.73. The maximum Gasteiger partial charge on any atom is 0.176 e. The molecule has 3 rings (SSSR count). The van der Waals surface area contributed by atoms with Crippen LogP contribution in [0, 0.1) is 0 Å². The summed E-state index contributed by atoms with van der Waals surface area (Å²) in [7, 11) is 7.47. The summed E-state index contributed by atoms with van der Waals surface area (Å²) in [6.45, 7) is 0.710. The summed E-state index contributed by atoms with van der Waals surface area (Å²) < 4.78 is 5.84. The maximum absolute atomic E-state index is 12.3. The van der Waals surface area contributed by atoms with E-state index in [0.29, 0.717) is 35.4 Å². The lowest BCUT2D eigenvalue weighted by molar-refractivity contribution is 0.0949. The van der Waals surface area contributed by atoms with Gasteiger partial charge in [0.05, 0.1) is 13.1 Å². The largest absolute Gasteiger partial charge is 0.456 e. The Labute approximate surface area is 182 Å². The van der Waals surface area contributed by atoms with Gasteiger partial charge >= 0.3 is 0 Å². The van der Waals surface area contributed by atoms with Crippen LogP contribution in [0.1, 0.15) is 20.7 Å². The molecule has 162 valence electrons. The Morgan fingerprint density at radius 2 is 1.07 bits per heavy atom. The fraction of sp³-hybridized carbons (Fsp3) is 0.300. The van der Waals surface area contributed by atoms with Gasteiger partial charge in [-0.2, -0.15) is 0 Å². The highest BCUT2D eigenvalue weighted by molar-refractivity contribution is 6.11. The number of carbonyl (C=O) groups excluding carboxylic acids is 2. The summed E-state index contributed by atoms with van der Waals surface area (Å²) in [6, 6.07) is 10.9. The Kier molecular flexibility index (Phi) is 12.0. The third kappa shape index (κ3) is 6.50. The zero-order valence-corrected chi connectivity index (χ0v) is 18.4. The van der Waals surface area contributed by atoms with E-state index in [0.717, 1.165) is 10.8 Å². The van der Waals surface area contributed by atoms with Crippen LogP contribution in [0.25, 0.3) is 21.9 Å². The zero-order chi connectivity index (χ0) is 18.1. The van der Waals surface area contributed by atoms with E-state index in [-0.39, 0.29) is 47.3 Å². The summed E-state index contributed by atoms with van der Waals surface area (Å²) in [5.74, 6) is 0.113. The highest BCUT2D eigenvalue weighted by Gasteiger charge is 2.14. The van der Waals surface area contributed by atoms with E-state index >= 15 is 0 Å². The second kappa shape index (κ2) is 11.9. The minimum Gasteiger partial charge on any atom is -0.456 e. The second-order valence-electron chi connectivity index (χ2n) is 6.85. The van der Waals surface area contributed by atoms with Crippen LogP contribution in [-0.4, -0.2) is 73.6 Å². The smallest absolute Gasteiger partial charge is 0.176 e. The van der Waals surface area contributed by atoms with Gasteiger partial charge in [-0.3, -0.25) is 9.59 Å². The van der Waals surface area contributed by atoms with Crippen LogP contribution >= 0.6 is 24.8 Å². The van der Waals surface area contributed by atoms with E-state index in [2.05, 4.69) is 0 Å². The molecule has 0 atom stereocenters. The van der Waals surface area contributed by atoms with Gasteiger partial charge in [-0.25, -0.2) is 0 Å². The number of hydrogen-bond donors (Lipinski definition) is 0. The van der Waals surface area contributed by atoms with Crippen LogP contribution in [0.4, 0.5) is 0 Å². The number of fused-ring (bicyclic) bond motifs is 3. The van der Waals surface area contributed by atoms with Crippen LogP contribution in [-0.2, 0) is 0 Å². The second-order valence-corrected chi connectivity index (χ2v) is 6.85. The molecule has 0 saturated carbocycles. The maximum atomic E-state index is 12.3. The lowest BCUT2D eigenvalue weighted by Crippen LogP contribution is -2.21. The van der Waals surface area contributed by atoms with Crippen molar-refractivity contribution in [3.8, 4) is 0 Å². The molecule has 9 heteroatoms. The SMILES string of the molecule is CN(C)CC(=O)c1ccc2oc3ccc(C(=O)CN(C)C)cc3c2c1.Cl.Cl.O.O. The Morgan fingerprint density at radius 3 is 1.38 bits per heavy atom. The third-order valence-corrected chi connectivity index (χ3v) is 4.03. The molecule has 0 bridgehead atoms. The van der Waals surface area contributed by atoms with Gasteiger partial charge in [0, 0.05) is 21.9 Å². The van der Waals surface area contributed by atoms with Gasteiger partial charge in [-0.15, -0.1) is 24.8 Å². The standard InChI is InChI=1S/C20H22N2O3.2ClH.2H2O/c1-21(2)11-17(23)13-5-7-19-15(9-13)16-10-14(6-8-20(16)25-19)18(24)12-22(3)4;;;;/h5-10H,11-12H2,1-4H3;2*1H;2*1H2. The molecule has 0 aliphatic rings. The lowest BCUT2D eigenvalue weighted by Gasteiger charge is -2.08. The molecule has 7 nitrogen and oxygen atoms in total. The Hall–Kier alpha value is -2.00. The molecule has 4 N–H and O–H groups in total. The minimum absolute atomic E-state index is 0. The molecule has 0 unspecified atom stereocenters. The number of halogens is 2. The monoisotopic (exact) mass is 446 g/mol. The Balaban J connectivity index is 0. The predicted molar refractivity (Wildman–Crippen MR) is 121 cm³/mol. The van der Waals surface area contributed by atoms with Crippen LogP contribution < -0.4 is 0 Å². The number of furan rings is 1. The van der Waals surface area contributed by atoms with Crippen molar-refractivity contribution in [3.05, 3.63) is 47.5 Å². The van der Waals surface area contributed by atoms with Crippen LogP contribution in [0.2, 0.25) is 0 Å². The van der Waals surface area contributed by atoms with E-state index in [1.165, 1.54) is 0 Å². The third-order valence-electron chi connectivity index (χ3n) is 4.03. The van der Waals surface area contributed by atoms with Crippen LogP contribution in [0.5, 0.6) is 0 Å². The first kappa shape index (κ1) is 29.2. The number of Topliss-reactive ketones (excluding diaryl/α,β-unsaturated/α-hetero) is 2. The van der Waals surface area contributed by atoms with Crippen LogP contribution in [0.3, 0.4) is 0 Å². The van der Waals surface area contributed by atoms with E-state index in [4.69, 9.17) is 4.42 Å². The number of likely N-dealkylation sites (N-methyl/N-ethyl adjacent to an activating group) is 2. The van der Waals surface area contributed by atoms with Gasteiger partial charge in [0.15, 0.2) is 11.6 Å². The first-order chi connectivity index (χ1) is 11.8. The number of carbonyl (C=O) groups is 2. The Morgan fingerprint density at radius 1 is 0.724 bits per heavy atom. The molecule has 0 aliphatic heterocycles. The van der Waals surface area contributed by atoms with Gasteiger partial charge in [0.25, 0.3) is 0 Å². The van der Waals surface area contributed by atoms with Gasteiger partial charge < -0.3 is 25.2 Å². The molecule has 29 heavy (non-hydrogen) atoms. The molecule has 0 fully saturated rings. The van der Waals surface area contributed by atoms with Crippen molar-refractivity contribution in [2.24, 2.45) is 0 Å². The first-order valence-electron chi connectivity index (χ1n) is 8.17. The summed E-state index contributed by atoms with van der Waals surface area (Å²) in [5, 5.41) is 1.72. The molecule has 2 aromatic carbocycles. The van der Waals surface area contributed by atoms with Crippen molar-refractivity contribution in [3.63, 3.8) is 0 Å². The van der Waals surface area contributed by atoms with Crippen molar-refractivity contribution < 1.29 is 25.0 Å². The molecule has 0 aliphatic carbocycles. The summed E-state index contributed by atoms with van der Waals surface area (Å²) in [6.07, 6.45) is 0. The fourth-order valence-corrected chi connectivity index (χ4v) is 2.88. The lowest BCUT2D eigenvalue weighted by atomic mass is 10.0. The highest BCUT2D eigenvalue weighted by atomic mass is 35.5. The minimum atomic E-state index is 0. The normalized spacial score (nSPS) is 10.1. The van der Waals surface area contributed by atoms with Crippen molar-refractivity contribution >= 4 is 58.3 Å². The molecular weight excluding hydrogens is 419 g/mol. The molecule has 3 aromatic rings. The van der Waals surface area contributed by atoms with E-state index in [1.807, 2.05) is 62.3 Å². The molecular formula is C20H28Cl2N2O5. The van der Waals surface area contributed by atoms with Crippen molar-refractivity contribution in [1.82, 2.24) is 9.80 Å². The number of hydrogen-bond acceptors (Lipinski definition) is 5. The average molecular weight is 447 g/mol. The molecule has 1 heterocycles. The topological polar surface area (TPSA) is 117 Å². The predicted octanol–water partition coefficient (Wildman–Crippen LogP) is 2.27. The first-order valence-corrected chi connectivity index (χ1v) is 8.17. The van der Waals surface area contributed by atoms with E-state index in [1.54, 1.807) is 12.1 Å². The van der Waals surface area contributed by atoms with Crippen molar-refractivity contribution in [2.45, 2.75) is 0 Å². The quantitative estimate of drug-likeness (QED) is 0.538. The Bertz CT molecular complexity index is 894. The number of rotatable bonds is 6. The average Bonchev–Trinajstić information content (AvgIpc) is 2.90. The van der Waals surface area contributed by atoms with Gasteiger partial charge in [-0.05, 0) is 64.6 Å². The molecule has 0 spiro atoms. The van der Waals surface area contributed by atoms with Gasteiger partial charge in [0.1, 0.15) is 11.2 Å².